The highest BCUT2D eigenvalue weighted by molar-refractivity contribution is 14.0. The summed E-state index contributed by atoms with van der Waals surface area (Å²) in [7, 11) is 1.87. The summed E-state index contributed by atoms with van der Waals surface area (Å²) in [6.45, 7) is 10.1. The van der Waals surface area contributed by atoms with Gasteiger partial charge in [0, 0.05) is 38.8 Å². The quantitative estimate of drug-likeness (QED) is 0.351. The Labute approximate surface area is 177 Å². The molecule has 1 saturated heterocycles. The van der Waals surface area contributed by atoms with Gasteiger partial charge in [-0.3, -0.25) is 9.89 Å². The van der Waals surface area contributed by atoms with Crippen molar-refractivity contribution in [1.29, 1.82) is 0 Å². The molecule has 0 saturated carbocycles. The summed E-state index contributed by atoms with van der Waals surface area (Å²) >= 11 is 0. The Hall–Kier alpha value is -0.820. The van der Waals surface area contributed by atoms with Crippen LogP contribution in [0.15, 0.2) is 35.3 Å². The Morgan fingerprint density at radius 2 is 1.77 bits per heavy atom. The molecular weight excluding hydrogens is 435 g/mol. The number of hydrogen-bond acceptors (Lipinski definition) is 2. The lowest BCUT2D eigenvalue weighted by molar-refractivity contribution is 0.158. The normalized spacial score (nSPS) is 17.7. The number of nitrogens with one attached hydrogen (secondary N) is 2. The van der Waals surface area contributed by atoms with E-state index < -0.39 is 0 Å². The molecule has 0 radical (unpaired) electrons. The zero-order chi connectivity index (χ0) is 18.1. The van der Waals surface area contributed by atoms with Crippen molar-refractivity contribution in [3.05, 3.63) is 35.9 Å². The van der Waals surface area contributed by atoms with E-state index in [-0.39, 0.29) is 24.0 Å². The van der Waals surface area contributed by atoms with E-state index in [4.69, 9.17) is 0 Å². The third kappa shape index (κ3) is 7.06. The first-order valence-electron chi connectivity index (χ1n) is 9.94. The second-order valence-corrected chi connectivity index (χ2v) is 7.18. The lowest BCUT2D eigenvalue weighted by Gasteiger charge is -2.37. The largest absolute Gasteiger partial charge is 0.356 e. The number of rotatable bonds is 7. The molecule has 1 aromatic rings. The minimum absolute atomic E-state index is 0. The number of guanidine groups is 1. The van der Waals surface area contributed by atoms with Crippen molar-refractivity contribution in [2.75, 3.05) is 26.7 Å². The van der Waals surface area contributed by atoms with Crippen LogP contribution in [0.25, 0.3) is 0 Å². The van der Waals surface area contributed by atoms with Gasteiger partial charge >= 0.3 is 0 Å². The number of hydrogen-bond donors (Lipinski definition) is 2. The van der Waals surface area contributed by atoms with Crippen molar-refractivity contribution in [2.24, 2.45) is 10.9 Å². The topological polar surface area (TPSA) is 39.7 Å². The molecule has 0 aromatic heterocycles. The molecule has 1 aliphatic heterocycles. The first kappa shape index (κ1) is 23.2. The Balaban J connectivity index is 0.00000338. The van der Waals surface area contributed by atoms with Gasteiger partial charge < -0.3 is 10.6 Å². The van der Waals surface area contributed by atoms with E-state index in [0.29, 0.717) is 12.1 Å². The van der Waals surface area contributed by atoms with E-state index >= 15 is 0 Å². The molecule has 4 nitrogen and oxygen atoms in total. The fourth-order valence-electron chi connectivity index (χ4n) is 3.58. The molecule has 2 N–H and O–H groups in total. The van der Waals surface area contributed by atoms with Crippen molar-refractivity contribution in [3.8, 4) is 0 Å². The highest BCUT2D eigenvalue weighted by Crippen LogP contribution is 2.23. The molecule has 2 rings (SSSR count). The Morgan fingerprint density at radius 3 is 2.31 bits per heavy atom. The van der Waals surface area contributed by atoms with E-state index in [0.717, 1.165) is 31.5 Å². The standard InChI is InChI=1S/C21H36N4.HI/c1-5-18(6-2)16-23-21(22-4)24-20-12-14-25(15-13-20)17(3)19-10-8-7-9-11-19;/h7-11,17-18,20H,5-6,12-16H2,1-4H3,(H2,22,23,24);1H. The van der Waals surface area contributed by atoms with Crippen LogP contribution in [0.4, 0.5) is 0 Å². The molecular formula is C21H37IN4. The molecule has 26 heavy (non-hydrogen) atoms. The van der Waals surface area contributed by atoms with Crippen LogP contribution in [-0.4, -0.2) is 43.6 Å². The maximum Gasteiger partial charge on any atom is 0.191 e. The number of halogens is 1. The molecule has 1 aliphatic rings. The van der Waals surface area contributed by atoms with Crippen LogP contribution in [0.5, 0.6) is 0 Å². The van der Waals surface area contributed by atoms with E-state index in [1.807, 2.05) is 7.05 Å². The molecule has 1 atom stereocenters. The van der Waals surface area contributed by atoms with Crippen LogP contribution in [0.1, 0.15) is 58.1 Å². The monoisotopic (exact) mass is 472 g/mol. The van der Waals surface area contributed by atoms with Crippen LogP contribution in [0.3, 0.4) is 0 Å². The molecule has 1 aromatic carbocycles. The van der Waals surface area contributed by atoms with Crippen molar-refractivity contribution in [2.45, 2.75) is 58.5 Å². The summed E-state index contributed by atoms with van der Waals surface area (Å²) in [6.07, 6.45) is 4.78. The zero-order valence-corrected chi connectivity index (χ0v) is 19.2. The van der Waals surface area contributed by atoms with Gasteiger partial charge in [0.25, 0.3) is 0 Å². The fourth-order valence-corrected chi connectivity index (χ4v) is 3.58. The van der Waals surface area contributed by atoms with Gasteiger partial charge in [0.1, 0.15) is 0 Å². The fraction of sp³-hybridized carbons (Fsp3) is 0.667. The predicted octanol–water partition coefficient (Wildman–Crippen LogP) is 4.43. The first-order valence-corrected chi connectivity index (χ1v) is 9.94. The molecule has 0 spiro atoms. The average Bonchev–Trinajstić information content (AvgIpc) is 2.68. The summed E-state index contributed by atoms with van der Waals surface area (Å²) in [4.78, 5) is 7.00. The van der Waals surface area contributed by atoms with Crippen LogP contribution in [-0.2, 0) is 0 Å². The third-order valence-electron chi connectivity index (χ3n) is 5.64. The van der Waals surface area contributed by atoms with Crippen LogP contribution in [0, 0.1) is 5.92 Å². The second-order valence-electron chi connectivity index (χ2n) is 7.18. The lowest BCUT2D eigenvalue weighted by atomic mass is 10.0. The molecule has 1 heterocycles. The molecule has 1 unspecified atom stereocenters. The molecule has 148 valence electrons. The third-order valence-corrected chi connectivity index (χ3v) is 5.64. The van der Waals surface area contributed by atoms with Gasteiger partial charge in [0.05, 0.1) is 0 Å². The summed E-state index contributed by atoms with van der Waals surface area (Å²) < 4.78 is 0. The van der Waals surface area contributed by atoms with E-state index in [9.17, 15) is 0 Å². The molecule has 0 amide bonds. The SMILES string of the molecule is CCC(CC)CNC(=NC)NC1CCN(C(C)c2ccccc2)CC1.I. The van der Waals surface area contributed by atoms with E-state index in [1.165, 1.54) is 31.2 Å². The van der Waals surface area contributed by atoms with Gasteiger partial charge in [0.2, 0.25) is 0 Å². The summed E-state index contributed by atoms with van der Waals surface area (Å²) in [5.74, 6) is 1.69. The average molecular weight is 472 g/mol. The first-order chi connectivity index (χ1) is 12.2. The Kier molecular flexibility index (Phi) is 11.2. The van der Waals surface area contributed by atoms with E-state index in [1.54, 1.807) is 0 Å². The Morgan fingerprint density at radius 1 is 1.15 bits per heavy atom. The van der Waals surface area contributed by atoms with Gasteiger partial charge in [-0.05, 0) is 31.2 Å². The molecule has 0 aliphatic carbocycles. The van der Waals surface area contributed by atoms with Gasteiger partial charge in [0.15, 0.2) is 5.96 Å². The number of aliphatic imine (C=N–C) groups is 1. The molecule has 5 heteroatoms. The van der Waals surface area contributed by atoms with Crippen molar-refractivity contribution in [3.63, 3.8) is 0 Å². The van der Waals surface area contributed by atoms with Crippen molar-refractivity contribution in [1.82, 2.24) is 15.5 Å². The van der Waals surface area contributed by atoms with Crippen molar-refractivity contribution >= 4 is 29.9 Å². The minimum Gasteiger partial charge on any atom is -0.356 e. The van der Waals surface area contributed by atoms with E-state index in [2.05, 4.69) is 71.6 Å². The summed E-state index contributed by atoms with van der Waals surface area (Å²) in [5, 5.41) is 7.12. The second kappa shape index (κ2) is 12.5. The minimum atomic E-state index is 0. The van der Waals surface area contributed by atoms with Gasteiger partial charge in [-0.1, -0.05) is 57.0 Å². The zero-order valence-electron chi connectivity index (χ0n) is 16.9. The van der Waals surface area contributed by atoms with Gasteiger partial charge in [-0.15, -0.1) is 24.0 Å². The smallest absolute Gasteiger partial charge is 0.191 e. The summed E-state index contributed by atoms with van der Waals surface area (Å²) in [6, 6.07) is 11.8. The summed E-state index contributed by atoms with van der Waals surface area (Å²) in [5.41, 5.74) is 1.41. The van der Waals surface area contributed by atoms with Crippen molar-refractivity contribution < 1.29 is 0 Å². The Bertz CT molecular complexity index is 508. The highest BCUT2D eigenvalue weighted by atomic mass is 127. The van der Waals surface area contributed by atoms with Gasteiger partial charge in [-0.25, -0.2) is 0 Å². The van der Waals surface area contributed by atoms with Gasteiger partial charge in [-0.2, -0.15) is 0 Å². The maximum atomic E-state index is 4.41. The van der Waals surface area contributed by atoms with Crippen LogP contribution < -0.4 is 10.6 Å². The van der Waals surface area contributed by atoms with Crippen LogP contribution >= 0.6 is 24.0 Å². The number of nitrogens with zero attached hydrogens (tertiary/aromatic N) is 2. The number of likely N-dealkylation sites (tertiary alicyclic amines) is 1. The molecule has 0 bridgehead atoms. The molecule has 1 fully saturated rings. The maximum absolute atomic E-state index is 4.41. The predicted molar refractivity (Wildman–Crippen MR) is 123 cm³/mol. The van der Waals surface area contributed by atoms with Crippen LogP contribution in [0.2, 0.25) is 0 Å². The highest BCUT2D eigenvalue weighted by Gasteiger charge is 2.24. The number of piperidine rings is 1. The number of benzene rings is 1. The lowest BCUT2D eigenvalue weighted by Crippen LogP contribution is -2.49.